The summed E-state index contributed by atoms with van der Waals surface area (Å²) >= 11 is 0. The van der Waals surface area contributed by atoms with Gasteiger partial charge in [-0.3, -0.25) is 0 Å². The lowest BCUT2D eigenvalue weighted by atomic mass is 9.73. The molecule has 0 aromatic carbocycles. The Kier molecular flexibility index (Phi) is 3.91. The van der Waals surface area contributed by atoms with Crippen LogP contribution in [0.15, 0.2) is 11.6 Å². The second-order valence-corrected chi connectivity index (χ2v) is 5.03. The predicted molar refractivity (Wildman–Crippen MR) is 60.1 cm³/mol. The first kappa shape index (κ1) is 11.5. The third kappa shape index (κ3) is 2.97. The maximum absolute atomic E-state index is 11.2. The van der Waals surface area contributed by atoms with Crippen molar-refractivity contribution in [1.29, 1.82) is 0 Å². The summed E-state index contributed by atoms with van der Waals surface area (Å²) in [6, 6.07) is 0. The molecular formula is C13H22O. The molecule has 1 aliphatic rings. The molecule has 0 radical (unpaired) electrons. The lowest BCUT2D eigenvalue weighted by Crippen LogP contribution is -2.24. The van der Waals surface area contributed by atoms with Crippen molar-refractivity contribution in [3.8, 4) is 0 Å². The number of carbonyl (C=O) groups excluding carboxylic acids is 1. The summed E-state index contributed by atoms with van der Waals surface area (Å²) < 4.78 is 0. The fourth-order valence-electron chi connectivity index (χ4n) is 2.55. The van der Waals surface area contributed by atoms with Gasteiger partial charge in [0.15, 0.2) is 0 Å². The minimum absolute atomic E-state index is 0.326. The molecule has 0 fully saturated rings. The van der Waals surface area contributed by atoms with Gasteiger partial charge in [-0.25, -0.2) is 0 Å². The van der Waals surface area contributed by atoms with E-state index in [0.717, 1.165) is 6.42 Å². The molecule has 0 saturated heterocycles. The number of hydrogen-bond acceptors (Lipinski definition) is 1. The van der Waals surface area contributed by atoms with Crippen LogP contribution in [-0.4, -0.2) is 5.78 Å². The van der Waals surface area contributed by atoms with E-state index in [1.807, 2.05) is 0 Å². The van der Waals surface area contributed by atoms with E-state index in [2.05, 4.69) is 26.8 Å². The molecule has 0 heterocycles. The van der Waals surface area contributed by atoms with E-state index < -0.39 is 0 Å². The third-order valence-electron chi connectivity index (χ3n) is 3.30. The van der Waals surface area contributed by atoms with Gasteiger partial charge >= 0.3 is 0 Å². The van der Waals surface area contributed by atoms with E-state index in [4.69, 9.17) is 0 Å². The fraction of sp³-hybridized carbons (Fsp3) is 0.769. The van der Waals surface area contributed by atoms with Crippen LogP contribution in [0.2, 0.25) is 0 Å². The van der Waals surface area contributed by atoms with Crippen LogP contribution in [0.3, 0.4) is 0 Å². The molecule has 1 heteroatoms. The van der Waals surface area contributed by atoms with Gasteiger partial charge in [-0.2, -0.15) is 0 Å². The van der Waals surface area contributed by atoms with Gasteiger partial charge in [-0.15, -0.1) is 0 Å². The molecular weight excluding hydrogens is 172 g/mol. The van der Waals surface area contributed by atoms with Crippen molar-refractivity contribution >= 4 is 5.78 Å². The molecule has 0 bridgehead atoms. The highest BCUT2D eigenvalue weighted by Gasteiger charge is 2.26. The van der Waals surface area contributed by atoms with Gasteiger partial charge in [-0.1, -0.05) is 25.5 Å². The molecule has 0 aliphatic heterocycles. The molecule has 1 nitrogen and oxygen atoms in total. The Balaban J connectivity index is 2.72. The highest BCUT2D eigenvalue weighted by molar-refractivity contribution is 5.76. The molecule has 0 aromatic heterocycles. The Hall–Kier alpha value is -0.590. The Labute approximate surface area is 87.6 Å². The van der Waals surface area contributed by atoms with Gasteiger partial charge in [-0.05, 0) is 44.4 Å². The Morgan fingerprint density at radius 3 is 2.71 bits per heavy atom. The highest BCUT2D eigenvalue weighted by atomic mass is 16.1. The van der Waals surface area contributed by atoms with Crippen LogP contribution in [0.4, 0.5) is 0 Å². The van der Waals surface area contributed by atoms with Crippen LogP contribution in [-0.2, 0) is 4.79 Å². The van der Waals surface area contributed by atoms with E-state index in [0.29, 0.717) is 23.5 Å². The van der Waals surface area contributed by atoms with E-state index in [1.54, 1.807) is 6.92 Å². The second kappa shape index (κ2) is 4.77. The van der Waals surface area contributed by atoms with Crippen molar-refractivity contribution in [2.45, 2.75) is 47.0 Å². The molecule has 0 saturated carbocycles. The minimum Gasteiger partial charge on any atom is -0.300 e. The van der Waals surface area contributed by atoms with Crippen LogP contribution < -0.4 is 0 Å². The molecule has 1 rings (SSSR count). The number of allylic oxidation sites excluding steroid dienone is 2. The Morgan fingerprint density at radius 1 is 1.57 bits per heavy atom. The van der Waals surface area contributed by atoms with Crippen LogP contribution in [0.1, 0.15) is 47.0 Å². The molecule has 80 valence electrons. The summed E-state index contributed by atoms with van der Waals surface area (Å²) in [5.74, 6) is 2.24. The minimum atomic E-state index is 0.326. The average molecular weight is 194 g/mol. The van der Waals surface area contributed by atoms with Crippen molar-refractivity contribution in [1.82, 2.24) is 0 Å². The average Bonchev–Trinajstić information content (AvgIpc) is 2.01. The molecule has 2 atom stereocenters. The number of Topliss-reactive ketones (excluding diaryl/α,β-unsaturated/α-hetero) is 1. The van der Waals surface area contributed by atoms with E-state index >= 15 is 0 Å². The van der Waals surface area contributed by atoms with Crippen LogP contribution in [0, 0.1) is 17.8 Å². The summed E-state index contributed by atoms with van der Waals surface area (Å²) in [7, 11) is 0. The highest BCUT2D eigenvalue weighted by Crippen LogP contribution is 2.35. The van der Waals surface area contributed by atoms with Crippen molar-refractivity contribution in [3.63, 3.8) is 0 Å². The van der Waals surface area contributed by atoms with Gasteiger partial charge in [0, 0.05) is 6.42 Å². The quantitative estimate of drug-likeness (QED) is 0.627. The van der Waals surface area contributed by atoms with Gasteiger partial charge in [0.05, 0.1) is 0 Å². The number of rotatable bonds is 3. The van der Waals surface area contributed by atoms with Crippen LogP contribution in [0.5, 0.6) is 0 Å². The standard InChI is InChI=1S/C13H22O/c1-9(2)13-6-5-10(3)7-12(13)8-11(4)14/h7,9,12-13H,5-6,8H2,1-4H3. The fourth-order valence-corrected chi connectivity index (χ4v) is 2.55. The van der Waals surface area contributed by atoms with Crippen molar-refractivity contribution in [2.24, 2.45) is 17.8 Å². The van der Waals surface area contributed by atoms with Crippen LogP contribution in [0.25, 0.3) is 0 Å². The third-order valence-corrected chi connectivity index (χ3v) is 3.30. The summed E-state index contributed by atoms with van der Waals surface area (Å²) in [5.41, 5.74) is 1.47. The molecule has 14 heavy (non-hydrogen) atoms. The van der Waals surface area contributed by atoms with Crippen molar-refractivity contribution in [2.75, 3.05) is 0 Å². The predicted octanol–water partition coefficient (Wildman–Crippen LogP) is 3.59. The van der Waals surface area contributed by atoms with Gasteiger partial charge in [0.25, 0.3) is 0 Å². The number of carbonyl (C=O) groups is 1. The largest absolute Gasteiger partial charge is 0.300 e. The maximum Gasteiger partial charge on any atom is 0.130 e. The summed E-state index contributed by atoms with van der Waals surface area (Å²) in [6.07, 6.45) is 5.55. The van der Waals surface area contributed by atoms with Crippen molar-refractivity contribution < 1.29 is 4.79 Å². The number of hydrogen-bond donors (Lipinski definition) is 0. The summed E-state index contributed by atoms with van der Waals surface area (Å²) in [4.78, 5) is 11.2. The molecule has 1 aliphatic carbocycles. The SMILES string of the molecule is CC(=O)CC1C=C(C)CCC1C(C)C. The smallest absolute Gasteiger partial charge is 0.130 e. The summed E-state index contributed by atoms with van der Waals surface area (Å²) in [5, 5.41) is 0. The zero-order valence-electron chi connectivity index (χ0n) is 9.84. The normalized spacial score (nSPS) is 27.6. The number of ketones is 1. The first-order valence-corrected chi connectivity index (χ1v) is 5.67. The van der Waals surface area contributed by atoms with Gasteiger partial charge < -0.3 is 4.79 Å². The Morgan fingerprint density at radius 2 is 2.21 bits per heavy atom. The zero-order chi connectivity index (χ0) is 10.7. The topological polar surface area (TPSA) is 17.1 Å². The maximum atomic E-state index is 11.2. The molecule has 2 unspecified atom stereocenters. The second-order valence-electron chi connectivity index (χ2n) is 5.03. The van der Waals surface area contributed by atoms with Crippen molar-refractivity contribution in [3.05, 3.63) is 11.6 Å². The monoisotopic (exact) mass is 194 g/mol. The van der Waals surface area contributed by atoms with Crippen LogP contribution >= 0.6 is 0 Å². The zero-order valence-corrected chi connectivity index (χ0v) is 9.84. The first-order chi connectivity index (χ1) is 6.50. The van der Waals surface area contributed by atoms with Gasteiger partial charge in [0.1, 0.15) is 5.78 Å². The summed E-state index contributed by atoms with van der Waals surface area (Å²) in [6.45, 7) is 8.43. The molecule has 0 N–H and O–H groups in total. The van der Waals surface area contributed by atoms with Gasteiger partial charge in [0.2, 0.25) is 0 Å². The van der Waals surface area contributed by atoms with E-state index in [1.165, 1.54) is 18.4 Å². The molecule has 0 aromatic rings. The Bertz CT molecular complexity index is 238. The first-order valence-electron chi connectivity index (χ1n) is 5.67. The van der Waals surface area contributed by atoms with E-state index in [9.17, 15) is 4.79 Å². The molecule has 0 amide bonds. The lowest BCUT2D eigenvalue weighted by molar-refractivity contribution is -0.118. The molecule has 0 spiro atoms. The lowest BCUT2D eigenvalue weighted by Gasteiger charge is -2.32. The van der Waals surface area contributed by atoms with E-state index in [-0.39, 0.29) is 0 Å².